The minimum atomic E-state index is -0.0934. The summed E-state index contributed by atoms with van der Waals surface area (Å²) in [4.78, 5) is 19.8. The van der Waals surface area contributed by atoms with Crippen LogP contribution in [0.2, 0.25) is 0 Å². The van der Waals surface area contributed by atoms with E-state index in [9.17, 15) is 4.79 Å². The molecule has 0 radical (unpaired) electrons. The summed E-state index contributed by atoms with van der Waals surface area (Å²) < 4.78 is 0. The summed E-state index contributed by atoms with van der Waals surface area (Å²) >= 11 is 1.37. The summed E-state index contributed by atoms with van der Waals surface area (Å²) in [5, 5.41) is 12.0. The van der Waals surface area contributed by atoms with Gasteiger partial charge in [0.25, 0.3) is 0 Å². The Kier molecular flexibility index (Phi) is 5.44. The zero-order valence-corrected chi connectivity index (χ0v) is 15.7. The molecule has 0 saturated carbocycles. The van der Waals surface area contributed by atoms with E-state index in [2.05, 4.69) is 25.5 Å². The number of para-hydroxylation sites is 2. The van der Waals surface area contributed by atoms with E-state index in [4.69, 9.17) is 0 Å². The van der Waals surface area contributed by atoms with Crippen LogP contribution in [0.1, 0.15) is 0 Å². The number of benzene rings is 3. The highest BCUT2D eigenvalue weighted by Gasteiger charge is 2.07. The smallest absolute Gasteiger partial charge is 0.234 e. The molecule has 0 aliphatic rings. The summed E-state index contributed by atoms with van der Waals surface area (Å²) in [7, 11) is 0. The third-order valence-electron chi connectivity index (χ3n) is 3.90. The Morgan fingerprint density at radius 2 is 1.57 bits per heavy atom. The number of imidazole rings is 1. The van der Waals surface area contributed by atoms with E-state index in [1.54, 1.807) is 0 Å². The largest absolute Gasteiger partial charge is 0.333 e. The molecule has 0 aliphatic heterocycles. The molecular weight excluding hydrogens is 370 g/mol. The van der Waals surface area contributed by atoms with Gasteiger partial charge in [0.2, 0.25) is 5.91 Å². The van der Waals surface area contributed by atoms with Crippen molar-refractivity contribution >= 4 is 45.8 Å². The van der Waals surface area contributed by atoms with Gasteiger partial charge < -0.3 is 10.3 Å². The number of carbonyl (C=O) groups is 1. The van der Waals surface area contributed by atoms with Crippen molar-refractivity contribution in [3.05, 3.63) is 78.9 Å². The molecule has 4 rings (SSSR count). The first-order valence-electron chi connectivity index (χ1n) is 8.70. The maximum Gasteiger partial charge on any atom is 0.234 e. The first kappa shape index (κ1) is 17.9. The average molecular weight is 387 g/mol. The van der Waals surface area contributed by atoms with Crippen molar-refractivity contribution in [1.29, 1.82) is 0 Å². The minimum absolute atomic E-state index is 0.0934. The molecule has 0 fully saturated rings. The Labute approximate surface area is 166 Å². The summed E-state index contributed by atoms with van der Waals surface area (Å²) in [5.41, 5.74) is 4.09. The highest BCUT2D eigenvalue weighted by Crippen LogP contribution is 2.21. The number of hydrogen-bond acceptors (Lipinski definition) is 5. The molecule has 0 bridgehead atoms. The van der Waals surface area contributed by atoms with E-state index >= 15 is 0 Å². The zero-order valence-electron chi connectivity index (χ0n) is 14.9. The lowest BCUT2D eigenvalue weighted by atomic mass is 10.3. The molecule has 0 saturated heterocycles. The van der Waals surface area contributed by atoms with Crippen molar-refractivity contribution in [2.45, 2.75) is 5.16 Å². The predicted molar refractivity (Wildman–Crippen MR) is 113 cm³/mol. The quantitative estimate of drug-likeness (QED) is 0.328. The second-order valence-corrected chi connectivity index (χ2v) is 6.94. The van der Waals surface area contributed by atoms with Gasteiger partial charge in [-0.1, -0.05) is 42.1 Å². The van der Waals surface area contributed by atoms with Crippen molar-refractivity contribution in [1.82, 2.24) is 9.97 Å². The Bertz CT molecular complexity index is 1070. The maximum atomic E-state index is 12.2. The maximum absolute atomic E-state index is 12.2. The molecular formula is C21H17N5OS. The third kappa shape index (κ3) is 4.63. The van der Waals surface area contributed by atoms with Gasteiger partial charge in [-0.05, 0) is 48.5 Å². The van der Waals surface area contributed by atoms with Gasteiger partial charge in [0, 0.05) is 5.69 Å². The Balaban J connectivity index is 1.31. The molecule has 0 aliphatic carbocycles. The van der Waals surface area contributed by atoms with Crippen molar-refractivity contribution in [2.75, 3.05) is 11.1 Å². The molecule has 1 amide bonds. The molecule has 7 heteroatoms. The summed E-state index contributed by atoms with van der Waals surface area (Å²) in [6, 6.07) is 24.6. The van der Waals surface area contributed by atoms with Crippen LogP contribution in [-0.4, -0.2) is 21.6 Å². The molecule has 1 aromatic heterocycles. The van der Waals surface area contributed by atoms with Crippen molar-refractivity contribution in [2.24, 2.45) is 10.2 Å². The number of anilines is 1. The minimum Gasteiger partial charge on any atom is -0.333 e. The number of nitrogens with zero attached hydrogens (tertiary/aromatic N) is 3. The Morgan fingerprint density at radius 3 is 2.32 bits per heavy atom. The number of amides is 1. The monoisotopic (exact) mass is 387 g/mol. The SMILES string of the molecule is O=C(CSc1nc2ccccc2[nH]1)Nc1ccc(N=Nc2ccccc2)cc1. The number of aromatic nitrogens is 2. The van der Waals surface area contributed by atoms with E-state index in [0.717, 1.165) is 27.6 Å². The average Bonchev–Trinajstić information content (AvgIpc) is 3.16. The topological polar surface area (TPSA) is 82.5 Å². The van der Waals surface area contributed by atoms with Gasteiger partial charge in [0.1, 0.15) is 0 Å². The molecule has 28 heavy (non-hydrogen) atoms. The second kappa shape index (κ2) is 8.49. The number of H-pyrrole nitrogens is 1. The lowest BCUT2D eigenvalue weighted by Gasteiger charge is -2.04. The van der Waals surface area contributed by atoms with E-state index in [1.165, 1.54) is 11.8 Å². The van der Waals surface area contributed by atoms with Crippen LogP contribution in [0.5, 0.6) is 0 Å². The summed E-state index contributed by atoms with van der Waals surface area (Å²) in [6.45, 7) is 0. The molecule has 1 heterocycles. The molecule has 2 N–H and O–H groups in total. The van der Waals surface area contributed by atoms with Crippen LogP contribution in [0.15, 0.2) is 94.2 Å². The number of fused-ring (bicyclic) bond motifs is 1. The van der Waals surface area contributed by atoms with Crippen molar-refractivity contribution in [3.63, 3.8) is 0 Å². The summed E-state index contributed by atoms with van der Waals surface area (Å²) in [5.74, 6) is 0.180. The van der Waals surface area contributed by atoms with Gasteiger partial charge in [-0.2, -0.15) is 10.2 Å². The Morgan fingerprint density at radius 1 is 0.893 bits per heavy atom. The Hall–Kier alpha value is -3.45. The van der Waals surface area contributed by atoms with Gasteiger partial charge in [-0.3, -0.25) is 4.79 Å². The van der Waals surface area contributed by atoms with Crippen LogP contribution >= 0.6 is 11.8 Å². The number of thioether (sulfide) groups is 1. The predicted octanol–water partition coefficient (Wildman–Crippen LogP) is 5.71. The molecule has 3 aromatic carbocycles. The number of hydrogen-bond donors (Lipinski definition) is 2. The fraction of sp³-hybridized carbons (Fsp3) is 0.0476. The highest BCUT2D eigenvalue weighted by molar-refractivity contribution is 7.99. The molecule has 0 spiro atoms. The second-order valence-electron chi connectivity index (χ2n) is 5.98. The van der Waals surface area contributed by atoms with Crippen LogP contribution in [0.3, 0.4) is 0 Å². The van der Waals surface area contributed by atoms with E-state index in [-0.39, 0.29) is 11.7 Å². The van der Waals surface area contributed by atoms with Gasteiger partial charge >= 0.3 is 0 Å². The fourth-order valence-electron chi connectivity index (χ4n) is 2.55. The molecule has 4 aromatic rings. The number of rotatable bonds is 6. The van der Waals surface area contributed by atoms with E-state index in [0.29, 0.717) is 5.69 Å². The van der Waals surface area contributed by atoms with Gasteiger partial charge in [0.05, 0.1) is 28.2 Å². The van der Waals surface area contributed by atoms with E-state index < -0.39 is 0 Å². The van der Waals surface area contributed by atoms with Crippen LogP contribution in [0, 0.1) is 0 Å². The van der Waals surface area contributed by atoms with Gasteiger partial charge in [-0.25, -0.2) is 4.98 Å². The van der Waals surface area contributed by atoms with Crippen LogP contribution in [0.4, 0.5) is 17.1 Å². The fourth-order valence-corrected chi connectivity index (χ4v) is 3.24. The standard InChI is InChI=1S/C21H17N5OS/c27-20(14-28-21-23-18-8-4-5-9-19(18)24-21)22-15-10-12-17(13-11-15)26-25-16-6-2-1-3-7-16/h1-13H,14H2,(H,22,27)(H,23,24). The van der Waals surface area contributed by atoms with Crippen molar-refractivity contribution < 1.29 is 4.79 Å². The summed E-state index contributed by atoms with van der Waals surface area (Å²) in [6.07, 6.45) is 0. The number of azo groups is 1. The van der Waals surface area contributed by atoms with E-state index in [1.807, 2.05) is 78.9 Å². The normalized spacial score (nSPS) is 11.1. The third-order valence-corrected chi connectivity index (χ3v) is 4.77. The highest BCUT2D eigenvalue weighted by atomic mass is 32.2. The molecule has 6 nitrogen and oxygen atoms in total. The van der Waals surface area contributed by atoms with Crippen LogP contribution in [-0.2, 0) is 4.79 Å². The van der Waals surface area contributed by atoms with Gasteiger partial charge in [-0.15, -0.1) is 0 Å². The molecule has 0 atom stereocenters. The number of nitrogens with one attached hydrogen (secondary N) is 2. The van der Waals surface area contributed by atoms with Crippen LogP contribution < -0.4 is 5.32 Å². The van der Waals surface area contributed by atoms with Crippen molar-refractivity contribution in [3.8, 4) is 0 Å². The first-order valence-corrected chi connectivity index (χ1v) is 9.69. The lowest BCUT2D eigenvalue weighted by molar-refractivity contribution is -0.113. The zero-order chi connectivity index (χ0) is 19.2. The van der Waals surface area contributed by atoms with Gasteiger partial charge in [0.15, 0.2) is 5.16 Å². The molecule has 138 valence electrons. The molecule has 0 unspecified atom stereocenters. The van der Waals surface area contributed by atoms with Crippen LogP contribution in [0.25, 0.3) is 11.0 Å². The first-order chi connectivity index (χ1) is 13.8. The number of carbonyl (C=O) groups excluding carboxylic acids is 1. The number of aromatic amines is 1. The lowest BCUT2D eigenvalue weighted by Crippen LogP contribution is -2.13.